The van der Waals surface area contributed by atoms with Crippen LogP contribution in [0.25, 0.3) is 0 Å². The summed E-state index contributed by atoms with van der Waals surface area (Å²) in [6.07, 6.45) is -4.74. The van der Waals surface area contributed by atoms with Gasteiger partial charge in [-0.1, -0.05) is 0 Å². The van der Waals surface area contributed by atoms with Crippen molar-refractivity contribution in [1.29, 1.82) is 0 Å². The summed E-state index contributed by atoms with van der Waals surface area (Å²) in [5, 5.41) is 0. The first kappa shape index (κ1) is 12.5. The molecule has 7 heteroatoms. The Kier molecular flexibility index (Phi) is 3.77. The zero-order valence-electron chi connectivity index (χ0n) is 7.73. The Labute approximate surface area is 98.0 Å². The highest BCUT2D eigenvalue weighted by atomic mass is 127. The van der Waals surface area contributed by atoms with E-state index in [0.717, 1.165) is 0 Å². The molecular formula is C8H8F3IN2O. The van der Waals surface area contributed by atoms with Crippen LogP contribution in [0.3, 0.4) is 0 Å². The predicted molar refractivity (Wildman–Crippen MR) is 56.3 cm³/mol. The molecule has 0 atom stereocenters. The number of pyridine rings is 1. The van der Waals surface area contributed by atoms with Crippen molar-refractivity contribution in [3.8, 4) is 5.88 Å². The number of rotatable bonds is 2. The molecule has 1 rings (SSSR count). The number of nitrogens with two attached hydrogens (primary N) is 1. The first-order valence-corrected chi connectivity index (χ1v) is 5.03. The Morgan fingerprint density at radius 1 is 1.53 bits per heavy atom. The molecule has 0 aliphatic carbocycles. The number of hydrogen-bond acceptors (Lipinski definition) is 3. The molecule has 1 aromatic heterocycles. The van der Waals surface area contributed by atoms with Gasteiger partial charge in [0.05, 0.1) is 0 Å². The summed E-state index contributed by atoms with van der Waals surface area (Å²) in [7, 11) is 0. The van der Waals surface area contributed by atoms with Crippen molar-refractivity contribution in [3.05, 3.63) is 20.9 Å². The molecule has 2 N–H and O–H groups in total. The molecule has 0 spiro atoms. The molecule has 0 fully saturated rings. The number of aromatic nitrogens is 1. The molecule has 0 aliphatic rings. The van der Waals surface area contributed by atoms with Gasteiger partial charge < -0.3 is 10.5 Å². The number of nitrogens with zero attached hydrogens (tertiary/aromatic N) is 1. The fourth-order valence-electron chi connectivity index (χ4n) is 1.01. The van der Waals surface area contributed by atoms with E-state index in [0.29, 0.717) is 9.26 Å². The van der Waals surface area contributed by atoms with Crippen molar-refractivity contribution in [2.24, 2.45) is 5.73 Å². The molecule has 84 valence electrons. The zero-order chi connectivity index (χ0) is 11.6. The normalized spacial score (nSPS) is 11.6. The van der Waals surface area contributed by atoms with Crippen LogP contribution in [0.1, 0.15) is 11.3 Å². The number of alkyl halides is 3. The summed E-state index contributed by atoms with van der Waals surface area (Å²) in [5.74, 6) is -0.464. The second-order valence-electron chi connectivity index (χ2n) is 2.78. The van der Waals surface area contributed by atoms with E-state index in [-0.39, 0.29) is 12.1 Å². The van der Waals surface area contributed by atoms with E-state index in [1.54, 1.807) is 13.0 Å². The summed E-state index contributed by atoms with van der Waals surface area (Å²) < 4.78 is 40.4. The Morgan fingerprint density at radius 3 is 2.60 bits per heavy atom. The largest absolute Gasteiger partial charge is 0.574 e. The highest BCUT2D eigenvalue weighted by molar-refractivity contribution is 14.1. The van der Waals surface area contributed by atoms with Crippen molar-refractivity contribution in [3.63, 3.8) is 0 Å². The van der Waals surface area contributed by atoms with Crippen LogP contribution in [0.15, 0.2) is 6.07 Å². The third-order valence-corrected chi connectivity index (χ3v) is 2.54. The standard InChI is InChI=1S/C8H8F3IN2O/c1-4-2-6(12)5(3-13)7(14-4)15-8(9,10)11/h2H,3,13H2,1H3. The lowest BCUT2D eigenvalue weighted by Crippen LogP contribution is -2.20. The van der Waals surface area contributed by atoms with E-state index in [4.69, 9.17) is 5.73 Å². The monoisotopic (exact) mass is 332 g/mol. The van der Waals surface area contributed by atoms with Crippen molar-refractivity contribution in [1.82, 2.24) is 4.98 Å². The molecule has 0 saturated heterocycles. The number of hydrogen-bond donors (Lipinski definition) is 1. The third-order valence-electron chi connectivity index (χ3n) is 1.58. The van der Waals surface area contributed by atoms with Crippen molar-refractivity contribution >= 4 is 22.6 Å². The number of aryl methyl sites for hydroxylation is 1. The van der Waals surface area contributed by atoms with Gasteiger partial charge in [-0.15, -0.1) is 13.2 Å². The quantitative estimate of drug-likeness (QED) is 0.846. The van der Waals surface area contributed by atoms with E-state index in [1.165, 1.54) is 0 Å². The van der Waals surface area contributed by atoms with Gasteiger partial charge in [-0.25, -0.2) is 4.98 Å². The molecule has 0 aromatic carbocycles. The molecule has 0 bridgehead atoms. The van der Waals surface area contributed by atoms with Gasteiger partial charge in [0.15, 0.2) is 0 Å². The average molecular weight is 332 g/mol. The van der Waals surface area contributed by atoms with Gasteiger partial charge in [0.1, 0.15) is 0 Å². The fourth-order valence-corrected chi connectivity index (χ4v) is 1.91. The molecule has 0 radical (unpaired) electrons. The lowest BCUT2D eigenvalue weighted by atomic mass is 10.2. The van der Waals surface area contributed by atoms with E-state index < -0.39 is 12.2 Å². The van der Waals surface area contributed by atoms with E-state index in [1.807, 2.05) is 22.6 Å². The predicted octanol–water partition coefficient (Wildman–Crippen LogP) is 2.35. The van der Waals surface area contributed by atoms with E-state index in [9.17, 15) is 13.2 Å². The number of halogens is 4. The van der Waals surface area contributed by atoms with Crippen LogP contribution in [0.4, 0.5) is 13.2 Å². The minimum absolute atomic E-state index is 0.0447. The zero-order valence-corrected chi connectivity index (χ0v) is 9.89. The maximum atomic E-state index is 12.0. The van der Waals surface area contributed by atoms with Gasteiger partial charge in [0, 0.05) is 21.4 Å². The van der Waals surface area contributed by atoms with Crippen LogP contribution in [-0.4, -0.2) is 11.3 Å². The topological polar surface area (TPSA) is 48.1 Å². The summed E-state index contributed by atoms with van der Waals surface area (Å²) >= 11 is 1.90. The van der Waals surface area contributed by atoms with Crippen molar-refractivity contribution in [2.75, 3.05) is 0 Å². The molecular weight excluding hydrogens is 324 g/mol. The van der Waals surface area contributed by atoms with Gasteiger partial charge in [-0.2, -0.15) is 0 Å². The van der Waals surface area contributed by atoms with Crippen LogP contribution in [0, 0.1) is 10.5 Å². The summed E-state index contributed by atoms with van der Waals surface area (Å²) in [6, 6.07) is 1.64. The Morgan fingerprint density at radius 2 is 2.13 bits per heavy atom. The fraction of sp³-hybridized carbons (Fsp3) is 0.375. The minimum atomic E-state index is -4.74. The molecule has 0 amide bonds. The van der Waals surface area contributed by atoms with Gasteiger partial charge in [-0.05, 0) is 35.6 Å². The summed E-state index contributed by atoms with van der Waals surface area (Å²) in [5.41, 5.74) is 6.05. The van der Waals surface area contributed by atoms with Crippen LogP contribution >= 0.6 is 22.6 Å². The molecule has 1 aromatic rings. The van der Waals surface area contributed by atoms with Gasteiger partial charge >= 0.3 is 6.36 Å². The van der Waals surface area contributed by atoms with E-state index in [2.05, 4.69) is 9.72 Å². The Bertz CT molecular complexity index is 368. The first-order chi connectivity index (χ1) is 6.83. The van der Waals surface area contributed by atoms with Gasteiger partial charge in [-0.3, -0.25) is 0 Å². The van der Waals surface area contributed by atoms with Crippen molar-refractivity contribution in [2.45, 2.75) is 19.8 Å². The lowest BCUT2D eigenvalue weighted by molar-refractivity contribution is -0.276. The molecule has 3 nitrogen and oxygen atoms in total. The average Bonchev–Trinajstić information content (AvgIpc) is 1.99. The van der Waals surface area contributed by atoms with Crippen LogP contribution in [0.2, 0.25) is 0 Å². The molecule has 0 aliphatic heterocycles. The van der Waals surface area contributed by atoms with Crippen LogP contribution < -0.4 is 10.5 Å². The molecule has 15 heavy (non-hydrogen) atoms. The lowest BCUT2D eigenvalue weighted by Gasteiger charge is -2.13. The van der Waals surface area contributed by atoms with Crippen molar-refractivity contribution < 1.29 is 17.9 Å². The second-order valence-corrected chi connectivity index (χ2v) is 3.94. The van der Waals surface area contributed by atoms with E-state index >= 15 is 0 Å². The Hall–Kier alpha value is -0.570. The van der Waals surface area contributed by atoms with Gasteiger partial charge in [0.2, 0.25) is 5.88 Å². The van der Waals surface area contributed by atoms with Crippen LogP contribution in [0.5, 0.6) is 5.88 Å². The second kappa shape index (κ2) is 4.52. The third kappa shape index (κ3) is 3.49. The first-order valence-electron chi connectivity index (χ1n) is 3.95. The smallest absolute Gasteiger partial charge is 0.387 e. The van der Waals surface area contributed by atoms with Gasteiger partial charge in [0.25, 0.3) is 0 Å². The molecule has 0 saturated carbocycles. The maximum Gasteiger partial charge on any atom is 0.574 e. The number of ether oxygens (including phenoxy) is 1. The highest BCUT2D eigenvalue weighted by Crippen LogP contribution is 2.27. The Balaban J connectivity index is 3.15. The SMILES string of the molecule is Cc1cc(I)c(CN)c(OC(F)(F)F)n1. The molecule has 1 heterocycles. The van der Waals surface area contributed by atoms with Crippen LogP contribution in [-0.2, 0) is 6.54 Å². The molecule has 0 unspecified atom stereocenters. The minimum Gasteiger partial charge on any atom is -0.387 e. The maximum absolute atomic E-state index is 12.0. The summed E-state index contributed by atoms with van der Waals surface area (Å²) in [4.78, 5) is 3.66. The summed E-state index contributed by atoms with van der Waals surface area (Å²) in [6.45, 7) is 1.54. The highest BCUT2D eigenvalue weighted by Gasteiger charge is 2.33.